The normalized spacial score (nSPS) is 17.7. The Morgan fingerprint density at radius 1 is 1.14 bits per heavy atom. The summed E-state index contributed by atoms with van der Waals surface area (Å²) in [6.07, 6.45) is 5.44. The van der Waals surface area contributed by atoms with Gasteiger partial charge in [0.25, 0.3) is 0 Å². The van der Waals surface area contributed by atoms with Gasteiger partial charge in [-0.1, -0.05) is 24.3 Å². The standard InChI is InChI=1S/C31H32FNO3/c1-4-19(2)24-8-5-20(13-26(24)27-15-23(36-3)7-10-29(27)32)18-33-22-6-9-25-21(14-22)17-31(11-12-31)28(25)16-30(34)35/h4-10,13-15,28,33H,11-12,16-18H2,1-3H3,(H,34,35)/b19-4+. The molecule has 2 aliphatic carbocycles. The van der Waals surface area contributed by atoms with Crippen LogP contribution in [0.1, 0.15) is 61.3 Å². The lowest BCUT2D eigenvalue weighted by molar-refractivity contribution is -0.137. The lowest BCUT2D eigenvalue weighted by Crippen LogP contribution is -2.13. The molecular weight excluding hydrogens is 453 g/mol. The zero-order valence-corrected chi connectivity index (χ0v) is 21.0. The number of hydrogen-bond acceptors (Lipinski definition) is 3. The van der Waals surface area contributed by atoms with Crippen LogP contribution in [0.25, 0.3) is 16.7 Å². The van der Waals surface area contributed by atoms with Crippen LogP contribution in [0.15, 0.2) is 60.7 Å². The predicted octanol–water partition coefficient (Wildman–Crippen LogP) is 7.43. The number of anilines is 1. The number of carboxylic acids is 1. The fourth-order valence-electron chi connectivity index (χ4n) is 5.69. The Hall–Kier alpha value is -3.60. The number of nitrogens with one attached hydrogen (secondary N) is 1. The van der Waals surface area contributed by atoms with E-state index in [4.69, 9.17) is 4.74 Å². The molecule has 3 aromatic rings. The largest absolute Gasteiger partial charge is 0.497 e. The number of hydrogen-bond donors (Lipinski definition) is 2. The summed E-state index contributed by atoms with van der Waals surface area (Å²) in [5.74, 6) is -0.260. The Labute approximate surface area is 211 Å². The molecule has 0 saturated heterocycles. The highest BCUT2D eigenvalue weighted by Gasteiger charge is 2.54. The van der Waals surface area contributed by atoms with E-state index in [-0.39, 0.29) is 23.6 Å². The van der Waals surface area contributed by atoms with Gasteiger partial charge in [0.15, 0.2) is 0 Å². The van der Waals surface area contributed by atoms with Crippen molar-refractivity contribution in [3.8, 4) is 16.9 Å². The summed E-state index contributed by atoms with van der Waals surface area (Å²) in [6.45, 7) is 4.61. The minimum Gasteiger partial charge on any atom is -0.497 e. The Morgan fingerprint density at radius 3 is 2.64 bits per heavy atom. The molecule has 0 amide bonds. The van der Waals surface area contributed by atoms with Crippen LogP contribution in [-0.4, -0.2) is 18.2 Å². The van der Waals surface area contributed by atoms with Gasteiger partial charge in [-0.3, -0.25) is 4.79 Å². The van der Waals surface area contributed by atoms with Crippen LogP contribution in [0.4, 0.5) is 10.1 Å². The number of rotatable bonds is 8. The minimum absolute atomic E-state index is 0.127. The third kappa shape index (κ3) is 4.50. The van der Waals surface area contributed by atoms with E-state index in [0.717, 1.165) is 47.2 Å². The molecule has 0 heterocycles. The van der Waals surface area contributed by atoms with Gasteiger partial charge in [-0.25, -0.2) is 4.39 Å². The van der Waals surface area contributed by atoms with Crippen molar-refractivity contribution in [2.45, 2.75) is 52.0 Å². The van der Waals surface area contributed by atoms with Crippen LogP contribution in [0.3, 0.4) is 0 Å². The highest BCUT2D eigenvalue weighted by Crippen LogP contribution is 2.64. The Morgan fingerprint density at radius 2 is 1.94 bits per heavy atom. The molecule has 5 rings (SSSR count). The average molecular weight is 486 g/mol. The van der Waals surface area contributed by atoms with Crippen molar-refractivity contribution in [1.29, 1.82) is 0 Å². The maximum absolute atomic E-state index is 14.9. The molecule has 0 bridgehead atoms. The number of aliphatic carboxylic acids is 1. The lowest BCUT2D eigenvalue weighted by Gasteiger charge is -2.17. The number of carbonyl (C=O) groups is 1. The van der Waals surface area contributed by atoms with E-state index >= 15 is 0 Å². The topological polar surface area (TPSA) is 58.6 Å². The molecule has 2 aliphatic rings. The van der Waals surface area contributed by atoms with Gasteiger partial charge < -0.3 is 15.2 Å². The van der Waals surface area contributed by atoms with E-state index in [1.54, 1.807) is 19.2 Å². The van der Waals surface area contributed by atoms with E-state index < -0.39 is 5.97 Å². The van der Waals surface area contributed by atoms with E-state index in [0.29, 0.717) is 17.9 Å². The first-order chi connectivity index (χ1) is 17.3. The van der Waals surface area contributed by atoms with Gasteiger partial charge >= 0.3 is 5.97 Å². The van der Waals surface area contributed by atoms with Gasteiger partial charge in [-0.2, -0.15) is 0 Å². The Balaban J connectivity index is 1.41. The van der Waals surface area contributed by atoms with Crippen molar-refractivity contribution >= 4 is 17.2 Å². The number of carboxylic acid groups (broad SMARTS) is 1. The highest BCUT2D eigenvalue weighted by atomic mass is 19.1. The zero-order valence-electron chi connectivity index (χ0n) is 21.0. The maximum Gasteiger partial charge on any atom is 0.303 e. The Kier molecular flexibility index (Phi) is 6.33. The van der Waals surface area contributed by atoms with Crippen molar-refractivity contribution in [2.24, 2.45) is 5.41 Å². The zero-order chi connectivity index (χ0) is 25.4. The van der Waals surface area contributed by atoms with Crippen molar-refractivity contribution in [1.82, 2.24) is 0 Å². The van der Waals surface area contributed by atoms with E-state index in [1.807, 2.05) is 26.0 Å². The van der Waals surface area contributed by atoms with Gasteiger partial charge in [0, 0.05) is 23.7 Å². The summed E-state index contributed by atoms with van der Waals surface area (Å²) >= 11 is 0. The first-order valence-corrected chi connectivity index (χ1v) is 12.5. The summed E-state index contributed by atoms with van der Waals surface area (Å²) in [5, 5.41) is 12.9. The van der Waals surface area contributed by atoms with Crippen LogP contribution in [0, 0.1) is 11.2 Å². The molecule has 2 N–H and O–H groups in total. The predicted molar refractivity (Wildman–Crippen MR) is 142 cm³/mol. The van der Waals surface area contributed by atoms with E-state index in [9.17, 15) is 14.3 Å². The molecule has 1 saturated carbocycles. The van der Waals surface area contributed by atoms with Gasteiger partial charge in [-0.15, -0.1) is 0 Å². The number of fused-ring (bicyclic) bond motifs is 1. The van der Waals surface area contributed by atoms with Crippen LogP contribution in [0.5, 0.6) is 5.75 Å². The summed E-state index contributed by atoms with van der Waals surface area (Å²) in [5.41, 5.74) is 8.11. The van der Waals surface area contributed by atoms with Gasteiger partial charge in [-0.05, 0) is 108 Å². The van der Waals surface area contributed by atoms with Gasteiger partial charge in [0.1, 0.15) is 11.6 Å². The summed E-state index contributed by atoms with van der Waals surface area (Å²) in [6, 6.07) is 17.3. The molecule has 0 aromatic heterocycles. The van der Waals surface area contributed by atoms with Gasteiger partial charge in [0.05, 0.1) is 13.5 Å². The second-order valence-corrected chi connectivity index (χ2v) is 10.2. The monoisotopic (exact) mass is 485 g/mol. The SMILES string of the molecule is C/C=C(\C)c1ccc(CNc2ccc3c(c2)CC2(CC2)C3CC(=O)O)cc1-c1cc(OC)ccc1F. The van der Waals surface area contributed by atoms with Crippen LogP contribution >= 0.6 is 0 Å². The number of ether oxygens (including phenoxy) is 1. The molecule has 186 valence electrons. The van der Waals surface area contributed by atoms with Crippen LogP contribution in [-0.2, 0) is 17.8 Å². The van der Waals surface area contributed by atoms with E-state index in [1.165, 1.54) is 17.2 Å². The van der Waals surface area contributed by atoms with E-state index in [2.05, 4.69) is 35.6 Å². The summed E-state index contributed by atoms with van der Waals surface area (Å²) in [4.78, 5) is 11.4. The Bertz CT molecular complexity index is 1360. The van der Waals surface area contributed by atoms with Crippen molar-refractivity contribution in [3.63, 3.8) is 0 Å². The first kappa shape index (κ1) is 24.1. The second-order valence-electron chi connectivity index (χ2n) is 10.2. The van der Waals surface area contributed by atoms with Crippen molar-refractivity contribution in [2.75, 3.05) is 12.4 Å². The molecular formula is C31H32FNO3. The summed E-state index contributed by atoms with van der Waals surface area (Å²) < 4.78 is 20.3. The molecule has 1 atom stereocenters. The highest BCUT2D eigenvalue weighted by molar-refractivity contribution is 5.82. The molecule has 4 nitrogen and oxygen atoms in total. The van der Waals surface area contributed by atoms with Crippen molar-refractivity contribution in [3.05, 3.63) is 88.7 Å². The molecule has 0 aliphatic heterocycles. The van der Waals surface area contributed by atoms with Gasteiger partial charge in [0.2, 0.25) is 0 Å². The third-order valence-corrected chi connectivity index (χ3v) is 7.97. The lowest BCUT2D eigenvalue weighted by atomic mass is 9.87. The smallest absolute Gasteiger partial charge is 0.303 e. The molecule has 0 radical (unpaired) electrons. The number of halogens is 1. The van der Waals surface area contributed by atoms with Crippen molar-refractivity contribution < 1.29 is 19.0 Å². The second kappa shape index (κ2) is 9.45. The molecule has 3 aromatic carbocycles. The number of benzene rings is 3. The number of allylic oxidation sites excluding steroid dienone is 2. The fraction of sp³-hybridized carbons (Fsp3) is 0.323. The first-order valence-electron chi connectivity index (χ1n) is 12.5. The molecule has 1 spiro atoms. The number of methoxy groups -OCH3 is 1. The van der Waals surface area contributed by atoms with Crippen LogP contribution in [0.2, 0.25) is 0 Å². The molecule has 1 fully saturated rings. The third-order valence-electron chi connectivity index (χ3n) is 7.97. The molecule has 1 unspecified atom stereocenters. The van der Waals surface area contributed by atoms with Crippen LogP contribution < -0.4 is 10.1 Å². The quantitative estimate of drug-likeness (QED) is 0.348. The maximum atomic E-state index is 14.9. The summed E-state index contributed by atoms with van der Waals surface area (Å²) in [7, 11) is 1.58. The molecule has 36 heavy (non-hydrogen) atoms. The average Bonchev–Trinajstić information content (AvgIpc) is 3.59. The fourth-order valence-corrected chi connectivity index (χ4v) is 5.69. The molecule has 5 heteroatoms. The minimum atomic E-state index is -0.721.